The number of ether oxygens (including phenoxy) is 1. The molecule has 0 bridgehead atoms. The van der Waals surface area contributed by atoms with Crippen LogP contribution in [-0.2, 0) is 0 Å². The van der Waals surface area contributed by atoms with Gasteiger partial charge in [0.05, 0.1) is 6.54 Å². The Morgan fingerprint density at radius 1 is 1.37 bits per heavy atom. The number of anilines is 2. The number of nitrogens with zero attached hydrogens (tertiary/aromatic N) is 2. The zero-order valence-electron chi connectivity index (χ0n) is 10.6. The van der Waals surface area contributed by atoms with Gasteiger partial charge in [0.25, 0.3) is 0 Å². The maximum absolute atomic E-state index is 5.66. The third-order valence-corrected chi connectivity index (χ3v) is 3.25. The minimum atomic E-state index is 0.414. The zero-order valence-corrected chi connectivity index (χ0v) is 12.1. The molecule has 1 aromatic heterocycles. The number of rotatable bonds is 5. The third-order valence-electron chi connectivity index (χ3n) is 2.47. The summed E-state index contributed by atoms with van der Waals surface area (Å²) in [7, 11) is 0. The fourth-order valence-electron chi connectivity index (χ4n) is 1.55. The van der Waals surface area contributed by atoms with Gasteiger partial charge in [-0.3, -0.25) is 0 Å². The quantitative estimate of drug-likeness (QED) is 0.828. The number of nitrogen functional groups attached to an aromatic ring is 1. The summed E-state index contributed by atoms with van der Waals surface area (Å²) in [6.45, 7) is 3.20. The maximum atomic E-state index is 5.66. The van der Waals surface area contributed by atoms with E-state index in [1.165, 1.54) is 11.9 Å². The Labute approximate surface area is 120 Å². The number of nitrogens with two attached hydrogens (primary N) is 1. The molecule has 0 amide bonds. The van der Waals surface area contributed by atoms with Crippen LogP contribution in [0.15, 0.2) is 35.1 Å². The van der Waals surface area contributed by atoms with Crippen molar-refractivity contribution in [2.24, 2.45) is 0 Å². The largest absolute Gasteiger partial charge is 0.492 e. The van der Waals surface area contributed by atoms with E-state index in [0.29, 0.717) is 29.3 Å². The number of halogens is 1. The predicted molar refractivity (Wildman–Crippen MR) is 79.3 cm³/mol. The molecular formula is C13H15BrN4O. The second-order valence-electron chi connectivity index (χ2n) is 4.01. The third kappa shape index (κ3) is 3.82. The van der Waals surface area contributed by atoms with Gasteiger partial charge in [0.1, 0.15) is 34.8 Å². The van der Waals surface area contributed by atoms with E-state index in [0.717, 1.165) is 5.75 Å². The molecule has 0 saturated carbocycles. The molecule has 100 valence electrons. The van der Waals surface area contributed by atoms with Gasteiger partial charge in [0.2, 0.25) is 0 Å². The molecule has 0 atom stereocenters. The fraction of sp³-hybridized carbons (Fsp3) is 0.231. The van der Waals surface area contributed by atoms with Crippen molar-refractivity contribution in [2.75, 3.05) is 24.2 Å². The number of aryl methyl sites for hydroxylation is 1. The van der Waals surface area contributed by atoms with Crippen molar-refractivity contribution in [3.05, 3.63) is 40.6 Å². The highest BCUT2D eigenvalue weighted by molar-refractivity contribution is 9.10. The Bertz CT molecular complexity index is 562. The van der Waals surface area contributed by atoms with Crippen LogP contribution in [0.25, 0.3) is 0 Å². The number of hydrogen-bond donors (Lipinski definition) is 2. The van der Waals surface area contributed by atoms with Gasteiger partial charge >= 0.3 is 0 Å². The van der Waals surface area contributed by atoms with E-state index in [-0.39, 0.29) is 0 Å². The highest BCUT2D eigenvalue weighted by atomic mass is 79.9. The van der Waals surface area contributed by atoms with Crippen LogP contribution < -0.4 is 15.8 Å². The summed E-state index contributed by atoms with van der Waals surface area (Å²) >= 11 is 3.33. The van der Waals surface area contributed by atoms with Crippen LogP contribution in [0.3, 0.4) is 0 Å². The summed E-state index contributed by atoms with van der Waals surface area (Å²) in [5.41, 5.74) is 6.84. The van der Waals surface area contributed by atoms with Gasteiger partial charge in [0.15, 0.2) is 0 Å². The Balaban J connectivity index is 1.82. The van der Waals surface area contributed by atoms with Gasteiger partial charge in [-0.15, -0.1) is 0 Å². The summed E-state index contributed by atoms with van der Waals surface area (Å²) in [4.78, 5) is 7.97. The first-order valence-electron chi connectivity index (χ1n) is 5.86. The monoisotopic (exact) mass is 322 g/mol. The molecule has 0 aliphatic carbocycles. The molecule has 0 fully saturated rings. The first kappa shape index (κ1) is 13.6. The van der Waals surface area contributed by atoms with Gasteiger partial charge in [-0.1, -0.05) is 12.1 Å². The minimum Gasteiger partial charge on any atom is -0.492 e. The molecule has 0 aliphatic heterocycles. The molecule has 19 heavy (non-hydrogen) atoms. The molecular weight excluding hydrogens is 308 g/mol. The average molecular weight is 323 g/mol. The van der Waals surface area contributed by atoms with Gasteiger partial charge in [-0.05, 0) is 40.5 Å². The lowest BCUT2D eigenvalue weighted by atomic mass is 10.2. The first-order chi connectivity index (χ1) is 9.16. The smallest absolute Gasteiger partial charge is 0.146 e. The number of hydrogen-bond acceptors (Lipinski definition) is 5. The summed E-state index contributed by atoms with van der Waals surface area (Å²) in [6, 6.07) is 7.94. The van der Waals surface area contributed by atoms with E-state index in [2.05, 4.69) is 31.2 Å². The lowest BCUT2D eigenvalue weighted by molar-refractivity contribution is 0.332. The van der Waals surface area contributed by atoms with E-state index in [9.17, 15) is 0 Å². The molecule has 5 nitrogen and oxygen atoms in total. The van der Waals surface area contributed by atoms with Crippen molar-refractivity contribution in [1.82, 2.24) is 9.97 Å². The molecule has 0 unspecified atom stereocenters. The lowest BCUT2D eigenvalue weighted by Crippen LogP contribution is -2.13. The van der Waals surface area contributed by atoms with Crippen molar-refractivity contribution in [3.8, 4) is 5.75 Å². The van der Waals surface area contributed by atoms with Crippen LogP contribution in [0.1, 0.15) is 5.56 Å². The van der Waals surface area contributed by atoms with Crippen molar-refractivity contribution in [1.29, 1.82) is 0 Å². The molecule has 2 aromatic rings. The van der Waals surface area contributed by atoms with Crippen molar-refractivity contribution in [2.45, 2.75) is 6.92 Å². The second-order valence-corrected chi connectivity index (χ2v) is 4.81. The summed E-state index contributed by atoms with van der Waals surface area (Å²) in [6.07, 6.45) is 1.42. The average Bonchev–Trinajstić information content (AvgIpc) is 2.39. The molecule has 2 rings (SSSR count). The number of aromatic nitrogens is 2. The minimum absolute atomic E-state index is 0.414. The van der Waals surface area contributed by atoms with Gasteiger partial charge in [-0.25, -0.2) is 9.97 Å². The molecule has 0 radical (unpaired) electrons. The predicted octanol–water partition coefficient (Wildman–Crippen LogP) is 2.62. The van der Waals surface area contributed by atoms with Gasteiger partial charge < -0.3 is 15.8 Å². The van der Waals surface area contributed by atoms with E-state index >= 15 is 0 Å². The molecule has 0 spiro atoms. The van der Waals surface area contributed by atoms with Crippen LogP contribution in [0.4, 0.5) is 11.6 Å². The summed E-state index contributed by atoms with van der Waals surface area (Å²) in [5, 5.41) is 3.14. The number of benzene rings is 1. The molecule has 6 heteroatoms. The molecule has 0 saturated heterocycles. The highest BCUT2D eigenvalue weighted by Crippen LogP contribution is 2.23. The summed E-state index contributed by atoms with van der Waals surface area (Å²) in [5.74, 6) is 1.94. The molecule has 1 aromatic carbocycles. The van der Waals surface area contributed by atoms with Crippen LogP contribution >= 0.6 is 15.9 Å². The van der Waals surface area contributed by atoms with Crippen LogP contribution in [-0.4, -0.2) is 23.1 Å². The van der Waals surface area contributed by atoms with E-state index < -0.39 is 0 Å². The topological polar surface area (TPSA) is 73.1 Å². The van der Waals surface area contributed by atoms with Crippen molar-refractivity contribution >= 4 is 27.6 Å². The Hall–Kier alpha value is -1.82. The highest BCUT2D eigenvalue weighted by Gasteiger charge is 2.04. The van der Waals surface area contributed by atoms with E-state index in [4.69, 9.17) is 10.5 Å². The Morgan fingerprint density at radius 2 is 2.21 bits per heavy atom. The number of nitrogens with one attached hydrogen (secondary N) is 1. The standard InChI is InChI=1S/C13H15BrN4O/c1-9-3-2-4-10(7-9)19-6-5-16-13-11(14)12(15)17-8-18-13/h2-4,7-8H,5-6H2,1H3,(H3,15,16,17,18). The SMILES string of the molecule is Cc1cccc(OCCNc2ncnc(N)c2Br)c1. The second kappa shape index (κ2) is 6.38. The van der Waals surface area contributed by atoms with E-state index in [1.807, 2.05) is 31.2 Å². The van der Waals surface area contributed by atoms with Crippen LogP contribution in [0.2, 0.25) is 0 Å². The Kier molecular flexibility index (Phi) is 4.57. The van der Waals surface area contributed by atoms with Crippen molar-refractivity contribution in [3.63, 3.8) is 0 Å². The maximum Gasteiger partial charge on any atom is 0.146 e. The zero-order chi connectivity index (χ0) is 13.7. The summed E-state index contributed by atoms with van der Waals surface area (Å²) < 4.78 is 6.30. The van der Waals surface area contributed by atoms with E-state index in [1.54, 1.807) is 0 Å². The van der Waals surface area contributed by atoms with Gasteiger partial charge in [-0.2, -0.15) is 0 Å². The van der Waals surface area contributed by atoms with Gasteiger partial charge in [0, 0.05) is 0 Å². The molecule has 3 N–H and O–H groups in total. The fourth-order valence-corrected chi connectivity index (χ4v) is 1.90. The first-order valence-corrected chi connectivity index (χ1v) is 6.65. The van der Waals surface area contributed by atoms with Crippen LogP contribution in [0.5, 0.6) is 5.75 Å². The van der Waals surface area contributed by atoms with Crippen molar-refractivity contribution < 1.29 is 4.74 Å². The van der Waals surface area contributed by atoms with Crippen LogP contribution in [0, 0.1) is 6.92 Å². The molecule has 1 heterocycles. The Morgan fingerprint density at radius 3 is 3.00 bits per heavy atom. The normalized spacial score (nSPS) is 10.2. The lowest BCUT2D eigenvalue weighted by Gasteiger charge is -2.10. The molecule has 0 aliphatic rings.